The van der Waals surface area contributed by atoms with Crippen molar-refractivity contribution in [2.75, 3.05) is 14.7 Å². The van der Waals surface area contributed by atoms with Crippen molar-refractivity contribution in [2.45, 2.75) is 19.3 Å². The number of hydrogen-bond donors (Lipinski definition) is 0. The van der Waals surface area contributed by atoms with Crippen molar-refractivity contribution in [1.82, 2.24) is 4.57 Å². The lowest BCUT2D eigenvalue weighted by Crippen LogP contribution is -2.30. The van der Waals surface area contributed by atoms with E-state index >= 15 is 0 Å². The van der Waals surface area contributed by atoms with Crippen LogP contribution in [0.1, 0.15) is 25.0 Å². The summed E-state index contributed by atoms with van der Waals surface area (Å²) >= 11 is 0. The van der Waals surface area contributed by atoms with Crippen LogP contribution in [0, 0.1) is 0 Å². The predicted molar refractivity (Wildman–Crippen MR) is 257 cm³/mol. The van der Waals surface area contributed by atoms with Crippen LogP contribution in [0.15, 0.2) is 231 Å². The molecule has 0 amide bonds. The normalized spacial score (nSPS) is 12.9. The van der Waals surface area contributed by atoms with E-state index in [9.17, 15) is 0 Å². The van der Waals surface area contributed by atoms with Gasteiger partial charge >= 0.3 is 0 Å². The Morgan fingerprint density at radius 3 is 1.36 bits per heavy atom. The van der Waals surface area contributed by atoms with Gasteiger partial charge < -0.3 is 19.3 Å². The first-order chi connectivity index (χ1) is 30.1. The molecule has 9 aromatic carbocycles. The summed E-state index contributed by atoms with van der Waals surface area (Å²) in [6, 6.07) is 83.3. The van der Waals surface area contributed by atoms with Crippen LogP contribution in [0.2, 0.25) is 0 Å². The summed E-state index contributed by atoms with van der Waals surface area (Å²) in [5.74, 6) is 0. The van der Waals surface area contributed by atoms with Crippen molar-refractivity contribution >= 4 is 73.0 Å². The molecule has 292 valence electrons. The van der Waals surface area contributed by atoms with Gasteiger partial charge in [0.1, 0.15) is 0 Å². The zero-order chi connectivity index (χ0) is 40.9. The number of nitrogens with zero attached hydrogens (tertiary/aromatic N) is 4. The lowest BCUT2D eigenvalue weighted by atomic mass is 9.73. The fourth-order valence-electron chi connectivity index (χ4n) is 9.51. The molecule has 0 N–H and O–H groups in total. The largest absolute Gasteiger partial charge is 0.310 e. The summed E-state index contributed by atoms with van der Waals surface area (Å²) in [7, 11) is 0. The van der Waals surface area contributed by atoms with Crippen LogP contribution in [0.25, 0.3) is 27.5 Å². The molecule has 0 spiro atoms. The van der Waals surface area contributed by atoms with E-state index in [1.165, 1.54) is 33.3 Å². The Balaban J connectivity index is 1.18. The van der Waals surface area contributed by atoms with Gasteiger partial charge in [0, 0.05) is 50.3 Å². The van der Waals surface area contributed by atoms with Crippen LogP contribution in [0.4, 0.5) is 51.2 Å². The van der Waals surface area contributed by atoms with Gasteiger partial charge in [0.2, 0.25) is 0 Å². The average molecular weight is 785 g/mol. The molecule has 0 fully saturated rings. The number of anilines is 9. The minimum absolute atomic E-state index is 0.133. The zero-order valence-electron chi connectivity index (χ0n) is 34.2. The lowest BCUT2D eigenvalue weighted by molar-refractivity contribution is 0.632. The molecular weight excluding hydrogens is 741 g/mol. The van der Waals surface area contributed by atoms with Crippen LogP contribution < -0.4 is 14.7 Å². The molecule has 4 heteroatoms. The van der Waals surface area contributed by atoms with E-state index in [-0.39, 0.29) is 5.41 Å². The average Bonchev–Trinajstić information content (AvgIpc) is 3.64. The van der Waals surface area contributed by atoms with Gasteiger partial charge in [-0.05, 0) is 114 Å². The second-order valence-electron chi connectivity index (χ2n) is 16.2. The topological polar surface area (TPSA) is 14.7 Å². The molecule has 0 bridgehead atoms. The van der Waals surface area contributed by atoms with Crippen molar-refractivity contribution < 1.29 is 0 Å². The van der Waals surface area contributed by atoms with Gasteiger partial charge in [-0.3, -0.25) is 0 Å². The summed E-state index contributed by atoms with van der Waals surface area (Å²) in [6.45, 7) is 4.68. The number of benzene rings is 9. The fraction of sp³-hybridized carbons (Fsp3) is 0.0526. The van der Waals surface area contributed by atoms with Crippen LogP contribution in [0.3, 0.4) is 0 Å². The molecule has 0 aliphatic carbocycles. The molecule has 1 aliphatic rings. The predicted octanol–water partition coefficient (Wildman–Crippen LogP) is 15.8. The highest BCUT2D eigenvalue weighted by molar-refractivity contribution is 6.11. The molecule has 11 rings (SSSR count). The lowest BCUT2D eigenvalue weighted by Gasteiger charge is -2.42. The fourth-order valence-corrected chi connectivity index (χ4v) is 9.51. The summed E-state index contributed by atoms with van der Waals surface area (Å²) in [5.41, 5.74) is 15.9. The summed E-state index contributed by atoms with van der Waals surface area (Å²) in [5, 5.41) is 2.40. The molecule has 0 radical (unpaired) electrons. The van der Waals surface area contributed by atoms with Gasteiger partial charge in [-0.25, -0.2) is 0 Å². The number of fused-ring (bicyclic) bond motifs is 5. The van der Waals surface area contributed by atoms with Crippen LogP contribution in [0.5, 0.6) is 0 Å². The first kappa shape index (κ1) is 36.3. The van der Waals surface area contributed by atoms with Crippen molar-refractivity contribution in [3.05, 3.63) is 242 Å². The Bertz CT molecular complexity index is 3040. The Labute approximate surface area is 357 Å². The molecule has 0 saturated carbocycles. The van der Waals surface area contributed by atoms with Crippen LogP contribution in [-0.4, -0.2) is 4.57 Å². The van der Waals surface area contributed by atoms with Crippen LogP contribution >= 0.6 is 0 Å². The molecule has 1 aromatic heterocycles. The SMILES string of the molecule is CC1(C)c2ccccc2N(c2ccc3c(c2)c2ccccc2n3-c2ccc(N(c3ccccc3)c3ccccc3)cc2N(c2ccccc2)c2ccccc2)c2ccccc21. The molecule has 0 unspecified atom stereocenters. The van der Waals surface area contributed by atoms with Gasteiger partial charge in [0.05, 0.1) is 33.8 Å². The van der Waals surface area contributed by atoms with E-state index in [0.717, 1.165) is 56.5 Å². The van der Waals surface area contributed by atoms with Crippen molar-refractivity contribution in [3.63, 3.8) is 0 Å². The maximum Gasteiger partial charge on any atom is 0.0723 e. The van der Waals surface area contributed by atoms with Gasteiger partial charge in [0.25, 0.3) is 0 Å². The van der Waals surface area contributed by atoms with Crippen molar-refractivity contribution in [2.24, 2.45) is 0 Å². The maximum absolute atomic E-state index is 2.46. The number of para-hydroxylation sites is 7. The smallest absolute Gasteiger partial charge is 0.0723 e. The molecule has 2 heterocycles. The molecular formula is C57H44N4. The third kappa shape index (κ3) is 6.07. The van der Waals surface area contributed by atoms with E-state index in [0.29, 0.717) is 0 Å². The number of rotatable bonds is 8. The third-order valence-electron chi connectivity index (χ3n) is 12.3. The van der Waals surface area contributed by atoms with Gasteiger partial charge in [-0.2, -0.15) is 0 Å². The molecule has 10 aromatic rings. The molecule has 0 saturated heterocycles. The summed E-state index contributed by atoms with van der Waals surface area (Å²) in [6.07, 6.45) is 0. The first-order valence-corrected chi connectivity index (χ1v) is 21.0. The Kier molecular flexibility index (Phi) is 8.79. The number of aromatic nitrogens is 1. The summed E-state index contributed by atoms with van der Waals surface area (Å²) < 4.78 is 2.46. The van der Waals surface area contributed by atoms with Crippen molar-refractivity contribution in [3.8, 4) is 5.69 Å². The van der Waals surface area contributed by atoms with E-state index in [1.54, 1.807) is 0 Å². The van der Waals surface area contributed by atoms with E-state index in [2.05, 4.69) is 264 Å². The maximum atomic E-state index is 2.46. The Morgan fingerprint density at radius 1 is 0.344 bits per heavy atom. The molecule has 61 heavy (non-hydrogen) atoms. The molecule has 1 aliphatic heterocycles. The second-order valence-corrected chi connectivity index (χ2v) is 16.2. The molecule has 0 atom stereocenters. The monoisotopic (exact) mass is 784 g/mol. The van der Waals surface area contributed by atoms with Crippen LogP contribution in [-0.2, 0) is 5.41 Å². The van der Waals surface area contributed by atoms with Crippen molar-refractivity contribution in [1.29, 1.82) is 0 Å². The Hall–Kier alpha value is -7.82. The second kappa shape index (κ2) is 14.8. The zero-order valence-corrected chi connectivity index (χ0v) is 34.2. The highest BCUT2D eigenvalue weighted by Gasteiger charge is 2.36. The van der Waals surface area contributed by atoms with Gasteiger partial charge in [-0.1, -0.05) is 141 Å². The standard InChI is InChI=1S/C57H44N4/c1-57(2)49-30-16-19-33-53(49)60(54-34-20-17-31-50(54)57)45-35-37-52-48(39-45)47-29-15-18-32-51(47)61(52)55-38-36-46(58(41-21-7-3-8-22-41)42-23-9-4-10-24-42)40-56(55)59(43-25-11-5-12-26-43)44-27-13-6-14-28-44/h3-40H,1-2H3. The van der Waals surface area contributed by atoms with E-state index < -0.39 is 0 Å². The highest BCUT2D eigenvalue weighted by Crippen LogP contribution is 2.53. The van der Waals surface area contributed by atoms with E-state index in [4.69, 9.17) is 0 Å². The molecule has 4 nitrogen and oxygen atoms in total. The quantitative estimate of drug-likeness (QED) is 0.153. The highest BCUT2D eigenvalue weighted by atomic mass is 15.2. The minimum atomic E-state index is -0.133. The number of hydrogen-bond acceptors (Lipinski definition) is 3. The Morgan fingerprint density at radius 2 is 0.803 bits per heavy atom. The van der Waals surface area contributed by atoms with Gasteiger partial charge in [-0.15, -0.1) is 0 Å². The minimum Gasteiger partial charge on any atom is -0.310 e. The summed E-state index contributed by atoms with van der Waals surface area (Å²) in [4.78, 5) is 7.19. The third-order valence-corrected chi connectivity index (χ3v) is 12.3. The van der Waals surface area contributed by atoms with Gasteiger partial charge in [0.15, 0.2) is 0 Å². The first-order valence-electron chi connectivity index (χ1n) is 21.0. The van der Waals surface area contributed by atoms with E-state index in [1.807, 2.05) is 0 Å².